The Bertz CT molecular complexity index is 891. The van der Waals surface area contributed by atoms with E-state index in [-0.39, 0.29) is 5.91 Å². The molecule has 0 aliphatic rings. The zero-order chi connectivity index (χ0) is 17.1. The fraction of sp³-hybridized carbons (Fsp3) is 0.167. The molecule has 1 amide bonds. The molecule has 3 rings (SSSR count). The molecule has 0 saturated carbocycles. The molecule has 1 N–H and O–H groups in total. The number of benzene rings is 2. The van der Waals surface area contributed by atoms with Crippen molar-refractivity contribution < 1.29 is 14.3 Å². The van der Waals surface area contributed by atoms with Crippen LogP contribution in [0.3, 0.4) is 0 Å². The molecule has 0 radical (unpaired) electrons. The van der Waals surface area contributed by atoms with Crippen LogP contribution in [0.25, 0.3) is 10.1 Å². The molecule has 0 aliphatic heterocycles. The second-order valence-electron chi connectivity index (χ2n) is 5.14. The molecule has 0 aliphatic carbocycles. The third-order valence-electron chi connectivity index (χ3n) is 3.60. The fourth-order valence-electron chi connectivity index (χ4n) is 2.44. The Morgan fingerprint density at radius 3 is 2.75 bits per heavy atom. The lowest BCUT2D eigenvalue weighted by Gasteiger charge is -2.07. The number of carbonyl (C=O) groups excluding carboxylic acids is 1. The lowest BCUT2D eigenvalue weighted by Crippen LogP contribution is -2.22. The normalized spacial score (nSPS) is 10.6. The van der Waals surface area contributed by atoms with Gasteiger partial charge in [0.15, 0.2) is 0 Å². The number of amides is 1. The van der Waals surface area contributed by atoms with Crippen LogP contribution >= 0.6 is 22.9 Å². The van der Waals surface area contributed by atoms with E-state index in [1.165, 1.54) is 11.3 Å². The Hall–Kier alpha value is -2.24. The summed E-state index contributed by atoms with van der Waals surface area (Å²) in [5.41, 5.74) is 0.964. The quantitative estimate of drug-likeness (QED) is 0.727. The van der Waals surface area contributed by atoms with Gasteiger partial charge in [-0.05, 0) is 35.9 Å². The minimum Gasteiger partial charge on any atom is -0.497 e. The van der Waals surface area contributed by atoms with Crippen molar-refractivity contribution in [1.82, 2.24) is 5.32 Å². The number of fused-ring (bicyclic) bond motifs is 1. The van der Waals surface area contributed by atoms with E-state index < -0.39 is 0 Å². The SMILES string of the molecule is COc1cccc(CNC(=O)c2sc3ccc(Cl)cc3c2OC)c1. The van der Waals surface area contributed by atoms with Crippen LogP contribution in [0.15, 0.2) is 42.5 Å². The highest BCUT2D eigenvalue weighted by Crippen LogP contribution is 2.38. The molecule has 24 heavy (non-hydrogen) atoms. The van der Waals surface area contributed by atoms with Crippen molar-refractivity contribution in [3.05, 3.63) is 57.9 Å². The van der Waals surface area contributed by atoms with Crippen molar-refractivity contribution in [2.24, 2.45) is 0 Å². The van der Waals surface area contributed by atoms with Gasteiger partial charge in [0.05, 0.1) is 14.2 Å². The molecular weight excluding hydrogens is 346 g/mol. The first kappa shape index (κ1) is 16.6. The highest BCUT2D eigenvalue weighted by atomic mass is 35.5. The standard InChI is InChI=1S/C18H16ClNO3S/c1-22-13-5-3-4-11(8-13)10-20-18(21)17-16(23-2)14-9-12(19)6-7-15(14)24-17/h3-9H,10H2,1-2H3,(H,20,21). The van der Waals surface area contributed by atoms with E-state index in [4.69, 9.17) is 21.1 Å². The summed E-state index contributed by atoms with van der Waals surface area (Å²) in [6, 6.07) is 13.1. The largest absolute Gasteiger partial charge is 0.497 e. The first-order valence-electron chi connectivity index (χ1n) is 7.29. The van der Waals surface area contributed by atoms with E-state index >= 15 is 0 Å². The molecule has 0 saturated heterocycles. The number of methoxy groups -OCH3 is 2. The van der Waals surface area contributed by atoms with Gasteiger partial charge in [-0.3, -0.25) is 4.79 Å². The first-order valence-corrected chi connectivity index (χ1v) is 8.49. The highest BCUT2D eigenvalue weighted by molar-refractivity contribution is 7.21. The Labute approximate surface area is 149 Å². The minimum atomic E-state index is -0.174. The lowest BCUT2D eigenvalue weighted by molar-refractivity contribution is 0.0952. The maximum Gasteiger partial charge on any atom is 0.265 e. The van der Waals surface area contributed by atoms with Gasteiger partial charge in [-0.25, -0.2) is 0 Å². The molecule has 4 nitrogen and oxygen atoms in total. The summed E-state index contributed by atoms with van der Waals surface area (Å²) in [6.07, 6.45) is 0. The summed E-state index contributed by atoms with van der Waals surface area (Å²) >= 11 is 7.43. The maximum absolute atomic E-state index is 12.6. The lowest BCUT2D eigenvalue weighted by atomic mass is 10.2. The molecular formula is C18H16ClNO3S. The maximum atomic E-state index is 12.6. The number of hydrogen-bond acceptors (Lipinski definition) is 4. The van der Waals surface area contributed by atoms with Gasteiger partial charge < -0.3 is 14.8 Å². The van der Waals surface area contributed by atoms with Crippen LogP contribution in [0.5, 0.6) is 11.5 Å². The second kappa shape index (κ2) is 7.11. The molecule has 0 unspecified atom stereocenters. The smallest absolute Gasteiger partial charge is 0.265 e. The molecule has 1 aromatic heterocycles. The van der Waals surface area contributed by atoms with Gasteiger partial charge in [-0.1, -0.05) is 23.7 Å². The molecule has 6 heteroatoms. The van der Waals surface area contributed by atoms with Crippen molar-refractivity contribution in [2.45, 2.75) is 6.54 Å². The number of ether oxygens (including phenoxy) is 2. The van der Waals surface area contributed by atoms with E-state index in [0.29, 0.717) is 22.2 Å². The number of carbonyl (C=O) groups is 1. The van der Waals surface area contributed by atoms with E-state index in [1.807, 2.05) is 36.4 Å². The summed E-state index contributed by atoms with van der Waals surface area (Å²) in [7, 11) is 3.17. The molecule has 3 aromatic rings. The summed E-state index contributed by atoms with van der Waals surface area (Å²) in [5, 5.41) is 4.38. The minimum absolute atomic E-state index is 0.174. The number of hydrogen-bond donors (Lipinski definition) is 1. The third kappa shape index (κ3) is 3.32. The topological polar surface area (TPSA) is 47.6 Å². The first-order chi connectivity index (χ1) is 11.6. The van der Waals surface area contributed by atoms with Gasteiger partial charge >= 0.3 is 0 Å². The van der Waals surface area contributed by atoms with Gasteiger partial charge in [0, 0.05) is 21.7 Å². The van der Waals surface area contributed by atoms with Crippen LogP contribution in [0.4, 0.5) is 0 Å². The predicted octanol–water partition coefficient (Wildman–Crippen LogP) is 4.50. The van der Waals surface area contributed by atoms with Crippen LogP contribution in [-0.4, -0.2) is 20.1 Å². The summed E-state index contributed by atoms with van der Waals surface area (Å²) in [4.78, 5) is 13.1. The molecule has 0 fully saturated rings. The van der Waals surface area contributed by atoms with E-state index in [1.54, 1.807) is 20.3 Å². The van der Waals surface area contributed by atoms with Crippen LogP contribution in [-0.2, 0) is 6.54 Å². The summed E-state index contributed by atoms with van der Waals surface area (Å²) in [5.74, 6) is 1.14. The van der Waals surface area contributed by atoms with Crippen molar-refractivity contribution in [2.75, 3.05) is 14.2 Å². The number of thiophene rings is 1. The van der Waals surface area contributed by atoms with Crippen molar-refractivity contribution in [3.63, 3.8) is 0 Å². The van der Waals surface area contributed by atoms with Crippen molar-refractivity contribution in [3.8, 4) is 11.5 Å². The van der Waals surface area contributed by atoms with Crippen LogP contribution in [0.1, 0.15) is 15.2 Å². The predicted molar refractivity (Wildman–Crippen MR) is 97.6 cm³/mol. The van der Waals surface area contributed by atoms with E-state index in [0.717, 1.165) is 21.4 Å². The highest BCUT2D eigenvalue weighted by Gasteiger charge is 2.19. The molecule has 0 bridgehead atoms. The van der Waals surface area contributed by atoms with Crippen LogP contribution < -0.4 is 14.8 Å². The zero-order valence-corrected chi connectivity index (χ0v) is 14.8. The average molecular weight is 362 g/mol. The third-order valence-corrected chi connectivity index (χ3v) is 4.99. The summed E-state index contributed by atoms with van der Waals surface area (Å²) < 4.78 is 11.6. The van der Waals surface area contributed by atoms with Crippen molar-refractivity contribution in [1.29, 1.82) is 0 Å². The Morgan fingerprint density at radius 1 is 1.17 bits per heavy atom. The Kier molecular flexibility index (Phi) is 4.92. The number of halogens is 1. The zero-order valence-electron chi connectivity index (χ0n) is 13.3. The molecule has 1 heterocycles. The summed E-state index contributed by atoms with van der Waals surface area (Å²) in [6.45, 7) is 0.411. The van der Waals surface area contributed by atoms with Gasteiger partial charge in [-0.2, -0.15) is 0 Å². The van der Waals surface area contributed by atoms with E-state index in [2.05, 4.69) is 5.32 Å². The van der Waals surface area contributed by atoms with Crippen LogP contribution in [0.2, 0.25) is 5.02 Å². The number of nitrogens with one attached hydrogen (secondary N) is 1. The van der Waals surface area contributed by atoms with Gasteiger partial charge in [0.2, 0.25) is 0 Å². The average Bonchev–Trinajstić information content (AvgIpc) is 2.97. The van der Waals surface area contributed by atoms with Gasteiger partial charge in [0.1, 0.15) is 16.4 Å². The Balaban J connectivity index is 1.83. The number of rotatable bonds is 5. The van der Waals surface area contributed by atoms with Gasteiger partial charge in [-0.15, -0.1) is 11.3 Å². The van der Waals surface area contributed by atoms with Crippen molar-refractivity contribution >= 4 is 38.9 Å². The monoisotopic (exact) mass is 361 g/mol. The second-order valence-corrected chi connectivity index (χ2v) is 6.63. The van der Waals surface area contributed by atoms with E-state index in [9.17, 15) is 4.79 Å². The van der Waals surface area contributed by atoms with Gasteiger partial charge in [0.25, 0.3) is 5.91 Å². The molecule has 0 atom stereocenters. The molecule has 0 spiro atoms. The molecule has 124 valence electrons. The Morgan fingerprint density at radius 2 is 2.00 bits per heavy atom. The fourth-order valence-corrected chi connectivity index (χ4v) is 3.68. The molecule has 2 aromatic carbocycles. The van der Waals surface area contributed by atoms with Crippen LogP contribution in [0, 0.1) is 0 Å².